The van der Waals surface area contributed by atoms with E-state index in [2.05, 4.69) is 62.8 Å². The van der Waals surface area contributed by atoms with Gasteiger partial charge in [0.1, 0.15) is 30.0 Å². The number of hydrogen-bond acceptors (Lipinski definition) is 10. The smallest absolute Gasteiger partial charge is 0.407 e. The van der Waals surface area contributed by atoms with Gasteiger partial charge in [-0.25, -0.2) is 19.6 Å². The Hall–Kier alpha value is -6.19. The number of alkyl carbamates (subject to hydrolysis) is 2. The summed E-state index contributed by atoms with van der Waals surface area (Å²) in [6.45, 7) is 8.35. The summed E-state index contributed by atoms with van der Waals surface area (Å²) in [6, 6.07) is 19.7. The average molecular weight is 871 g/mol. The number of carbonyl (C=O) groups is 3. The normalized spacial score (nSPS) is 21.0. The van der Waals surface area contributed by atoms with Crippen LogP contribution in [0.4, 0.5) is 9.59 Å². The molecule has 2 saturated heterocycles. The summed E-state index contributed by atoms with van der Waals surface area (Å²) in [5.74, 6) is 2.54. The Morgan fingerprint density at radius 3 is 2.44 bits per heavy atom. The van der Waals surface area contributed by atoms with Crippen molar-refractivity contribution in [1.82, 2.24) is 40.4 Å². The zero-order valence-electron chi connectivity index (χ0n) is 37.4. The lowest BCUT2D eigenvalue weighted by atomic mass is 9.86. The minimum atomic E-state index is -0.708. The Morgan fingerprint density at radius 1 is 0.875 bits per heavy atom. The standard InChI is InChI=1S/C49H58N8O7/c1-27(2)43(55-49(60)63-6)47(58)57-28(3)12-17-40(57)46-51-37-16-14-31-20-36-34-15-13-32(19-33(34)26-64-42(36)21-35(31)44(37)54-46)38-22-50-45(52-38)41-18-29(25-61-4)23-56(41)24-39(53-48(59)62-5)30-10-8-7-9-11-30/h7-11,13,15,19-22,27-29,39-41,43H,12,14,16-18,23-26H2,1-6H3,(H,50,52)(H,51,54)(H,53,59)(H,55,60)/t28-,29-,39-,40-,41-,43-/m0/s1. The van der Waals surface area contributed by atoms with E-state index in [0.717, 1.165) is 107 Å². The van der Waals surface area contributed by atoms with Crippen LogP contribution in [0.1, 0.15) is 92.2 Å². The number of carbonyl (C=O) groups excluding carboxylic acids is 3. The summed E-state index contributed by atoms with van der Waals surface area (Å²) in [5, 5.41) is 5.80. The van der Waals surface area contributed by atoms with Crippen molar-refractivity contribution < 1.29 is 33.3 Å². The molecule has 2 aromatic heterocycles. The van der Waals surface area contributed by atoms with Crippen LogP contribution < -0.4 is 15.4 Å². The summed E-state index contributed by atoms with van der Waals surface area (Å²) < 4.78 is 21.9. The monoisotopic (exact) mass is 870 g/mol. The number of ether oxygens (including phenoxy) is 4. The Labute approximate surface area is 373 Å². The highest BCUT2D eigenvalue weighted by atomic mass is 16.5. The molecular formula is C49H58N8O7. The first-order chi connectivity index (χ1) is 31.0. The summed E-state index contributed by atoms with van der Waals surface area (Å²) in [7, 11) is 4.43. The van der Waals surface area contributed by atoms with Crippen LogP contribution in [0.15, 0.2) is 66.9 Å². The van der Waals surface area contributed by atoms with Gasteiger partial charge in [-0.05, 0) is 96.9 Å². The molecule has 0 bridgehead atoms. The fourth-order valence-corrected chi connectivity index (χ4v) is 10.3. The summed E-state index contributed by atoms with van der Waals surface area (Å²) >= 11 is 0. The number of nitrogens with one attached hydrogen (secondary N) is 4. The molecule has 336 valence electrons. The number of fused-ring (bicyclic) bond motifs is 6. The molecule has 5 heterocycles. The highest BCUT2D eigenvalue weighted by molar-refractivity contribution is 5.87. The molecule has 3 aliphatic heterocycles. The lowest BCUT2D eigenvalue weighted by Gasteiger charge is -2.32. The van der Waals surface area contributed by atoms with Crippen LogP contribution in [0.3, 0.4) is 0 Å². The predicted octanol–water partition coefficient (Wildman–Crippen LogP) is 7.66. The van der Waals surface area contributed by atoms with E-state index in [1.54, 1.807) is 7.11 Å². The van der Waals surface area contributed by atoms with Crippen LogP contribution in [0, 0.1) is 11.8 Å². The largest absolute Gasteiger partial charge is 0.488 e. The van der Waals surface area contributed by atoms with Crippen molar-refractivity contribution in [3.63, 3.8) is 0 Å². The Balaban J connectivity index is 0.944. The second kappa shape index (κ2) is 18.1. The molecule has 5 aromatic rings. The van der Waals surface area contributed by atoms with Gasteiger partial charge in [-0.2, -0.15) is 0 Å². The maximum absolute atomic E-state index is 14.0. The first-order valence-electron chi connectivity index (χ1n) is 22.4. The molecule has 9 rings (SSSR count). The fourth-order valence-electron chi connectivity index (χ4n) is 10.3. The van der Waals surface area contributed by atoms with E-state index in [0.29, 0.717) is 25.7 Å². The number of H-pyrrole nitrogens is 2. The molecule has 1 aliphatic carbocycles. The van der Waals surface area contributed by atoms with Gasteiger partial charge < -0.3 is 44.4 Å². The third-order valence-corrected chi connectivity index (χ3v) is 13.5. The lowest BCUT2D eigenvalue weighted by molar-refractivity contribution is -0.137. The van der Waals surface area contributed by atoms with Gasteiger partial charge in [-0.15, -0.1) is 0 Å². The van der Waals surface area contributed by atoms with Crippen LogP contribution in [0.25, 0.3) is 33.6 Å². The number of imidazole rings is 2. The van der Waals surface area contributed by atoms with Crippen LogP contribution in [-0.4, -0.2) is 101 Å². The number of amides is 3. The van der Waals surface area contributed by atoms with Crippen molar-refractivity contribution in [1.29, 1.82) is 0 Å². The number of likely N-dealkylation sites (tertiary alicyclic amines) is 2. The van der Waals surface area contributed by atoms with Crippen LogP contribution in [0.2, 0.25) is 0 Å². The number of nitrogens with zero attached hydrogens (tertiary/aromatic N) is 4. The van der Waals surface area contributed by atoms with Gasteiger partial charge in [-0.1, -0.05) is 56.3 Å². The molecule has 4 N–H and O–H groups in total. The number of hydrogen-bond donors (Lipinski definition) is 4. The van der Waals surface area contributed by atoms with Crippen LogP contribution >= 0.6 is 0 Å². The van der Waals surface area contributed by atoms with Gasteiger partial charge in [0.05, 0.1) is 56.5 Å². The van der Waals surface area contributed by atoms with E-state index >= 15 is 0 Å². The van der Waals surface area contributed by atoms with Crippen molar-refractivity contribution in [2.75, 3.05) is 41.0 Å². The summed E-state index contributed by atoms with van der Waals surface area (Å²) in [4.78, 5) is 60.3. The first kappa shape index (κ1) is 43.1. The van der Waals surface area contributed by atoms with Crippen molar-refractivity contribution in [3.8, 4) is 39.4 Å². The minimum absolute atomic E-state index is 0.000376. The third kappa shape index (κ3) is 8.34. The molecule has 0 saturated carbocycles. The summed E-state index contributed by atoms with van der Waals surface area (Å²) in [6.07, 6.45) is 4.96. The number of aromatic nitrogens is 4. The zero-order valence-corrected chi connectivity index (χ0v) is 37.4. The molecule has 15 nitrogen and oxygen atoms in total. The molecular weight excluding hydrogens is 813 g/mol. The Kier molecular flexibility index (Phi) is 12.2. The minimum Gasteiger partial charge on any atom is -0.488 e. The highest BCUT2D eigenvalue weighted by Gasteiger charge is 2.42. The second-order valence-corrected chi connectivity index (χ2v) is 18.0. The van der Waals surface area contributed by atoms with Crippen molar-refractivity contribution in [2.24, 2.45) is 11.8 Å². The van der Waals surface area contributed by atoms with Crippen LogP contribution in [0.5, 0.6) is 5.75 Å². The molecule has 3 amide bonds. The number of aromatic amines is 2. The average Bonchev–Trinajstić information content (AvgIpc) is 4.13. The van der Waals surface area contributed by atoms with Crippen LogP contribution in [-0.2, 0) is 38.5 Å². The molecule has 3 aromatic carbocycles. The van der Waals surface area contributed by atoms with Gasteiger partial charge in [0.15, 0.2) is 0 Å². The Morgan fingerprint density at radius 2 is 1.67 bits per heavy atom. The molecule has 0 unspecified atom stereocenters. The molecule has 4 aliphatic rings. The van der Waals surface area contributed by atoms with Gasteiger partial charge in [-0.3, -0.25) is 9.69 Å². The fraction of sp³-hybridized carbons (Fsp3) is 0.449. The van der Waals surface area contributed by atoms with Crippen molar-refractivity contribution in [3.05, 3.63) is 101 Å². The van der Waals surface area contributed by atoms with Gasteiger partial charge in [0, 0.05) is 43.1 Å². The summed E-state index contributed by atoms with van der Waals surface area (Å²) in [5.41, 5.74) is 10.5. The van der Waals surface area contributed by atoms with Gasteiger partial charge in [0.25, 0.3) is 0 Å². The highest BCUT2D eigenvalue weighted by Crippen LogP contribution is 2.46. The SMILES string of the molecule is COC[C@H]1C[C@@H](c2ncc(-c3ccc4c(c3)COc3cc5c(cc3-4)CCc3[nH]c([C@@H]4CC[C@H](C)N4C(=O)[C@@H](NC(=O)OC)C(C)C)nc3-5)[nH]2)N(C[C@H](NC(=O)OC)c2ccccc2)C1. The maximum Gasteiger partial charge on any atom is 0.407 e. The molecule has 0 radical (unpaired) electrons. The van der Waals surface area contributed by atoms with Gasteiger partial charge >= 0.3 is 12.2 Å². The van der Waals surface area contributed by atoms with Crippen molar-refractivity contribution in [2.45, 2.75) is 89.7 Å². The maximum atomic E-state index is 14.0. The van der Waals surface area contributed by atoms with E-state index in [1.165, 1.54) is 19.8 Å². The van der Waals surface area contributed by atoms with Crippen molar-refractivity contribution >= 4 is 18.1 Å². The number of aryl methyl sites for hydroxylation is 2. The predicted molar refractivity (Wildman–Crippen MR) is 240 cm³/mol. The first-order valence-corrected chi connectivity index (χ1v) is 22.4. The molecule has 2 fully saturated rings. The van der Waals surface area contributed by atoms with E-state index in [1.807, 2.05) is 55.3 Å². The molecule has 64 heavy (non-hydrogen) atoms. The van der Waals surface area contributed by atoms with E-state index in [-0.39, 0.29) is 36.0 Å². The number of methoxy groups -OCH3 is 3. The number of rotatable bonds is 12. The van der Waals surface area contributed by atoms with Gasteiger partial charge in [0.2, 0.25) is 5.91 Å². The molecule has 15 heteroatoms. The topological polar surface area (TPSA) is 176 Å². The Bertz CT molecular complexity index is 2520. The molecule has 0 spiro atoms. The second-order valence-electron chi connectivity index (χ2n) is 18.0. The lowest BCUT2D eigenvalue weighted by Crippen LogP contribution is -2.52. The number of benzene rings is 3. The quantitative estimate of drug-likeness (QED) is 0.0974. The van der Waals surface area contributed by atoms with E-state index < -0.39 is 18.2 Å². The van der Waals surface area contributed by atoms with E-state index in [9.17, 15) is 14.4 Å². The zero-order chi connectivity index (χ0) is 44.6. The third-order valence-electron chi connectivity index (χ3n) is 13.5. The van der Waals surface area contributed by atoms with E-state index in [4.69, 9.17) is 28.9 Å². The molecule has 6 atom stereocenters.